The van der Waals surface area contributed by atoms with Gasteiger partial charge in [0, 0.05) is 20.1 Å². The summed E-state index contributed by atoms with van der Waals surface area (Å²) in [7, 11) is 0. The molecule has 0 saturated carbocycles. The molecule has 3 rings (SSSR count). The lowest BCUT2D eigenvalue weighted by Crippen LogP contribution is -2.16. The Morgan fingerprint density at radius 2 is 2.11 bits per heavy atom. The second-order valence-electron chi connectivity index (χ2n) is 5.31. The van der Waals surface area contributed by atoms with Crippen LogP contribution in [-0.4, -0.2) is 23.8 Å². The molecule has 1 aromatic heterocycles. The van der Waals surface area contributed by atoms with E-state index in [2.05, 4.69) is 42.4 Å². The average molecular weight is 533 g/mol. The number of phenols is 1. The first kappa shape index (κ1) is 20.1. The fourth-order valence-electron chi connectivity index (χ4n) is 2.34. The lowest BCUT2D eigenvalue weighted by atomic mass is 10.2. The van der Waals surface area contributed by atoms with Crippen molar-refractivity contribution in [1.82, 2.24) is 5.43 Å². The lowest BCUT2D eigenvalue weighted by molar-refractivity contribution is 0.0959. The molecule has 0 atom stereocenters. The molecule has 0 saturated heterocycles. The Morgan fingerprint density at radius 1 is 1.37 bits per heavy atom. The van der Waals surface area contributed by atoms with Crippen LogP contribution in [0, 0.1) is 0 Å². The van der Waals surface area contributed by atoms with Crippen molar-refractivity contribution in [2.24, 2.45) is 5.10 Å². The number of hydrazone groups is 1. The third-order valence-corrected chi connectivity index (χ3v) is 7.42. The van der Waals surface area contributed by atoms with Gasteiger partial charge in [-0.05, 0) is 50.9 Å². The highest BCUT2D eigenvalue weighted by atomic mass is 79.9. The van der Waals surface area contributed by atoms with Crippen LogP contribution in [-0.2, 0) is 0 Å². The molecule has 0 unspecified atom stereocenters. The molecule has 140 valence electrons. The van der Waals surface area contributed by atoms with Crippen LogP contribution >= 0.6 is 54.8 Å². The van der Waals surface area contributed by atoms with Crippen LogP contribution in [0.1, 0.15) is 22.2 Å². The molecule has 1 heterocycles. The van der Waals surface area contributed by atoms with Crippen molar-refractivity contribution in [3.63, 3.8) is 0 Å². The third-order valence-electron chi connectivity index (χ3n) is 3.58. The number of hydrogen-bond donors (Lipinski definition) is 2. The summed E-state index contributed by atoms with van der Waals surface area (Å²) in [4.78, 5) is 12.8. The summed E-state index contributed by atoms with van der Waals surface area (Å²) in [5.41, 5.74) is 3.10. The van der Waals surface area contributed by atoms with E-state index >= 15 is 0 Å². The number of carbonyl (C=O) groups excluding carboxylic acids is 1. The molecule has 0 bridgehead atoms. The van der Waals surface area contributed by atoms with Gasteiger partial charge in [0.2, 0.25) is 0 Å². The van der Waals surface area contributed by atoms with E-state index < -0.39 is 5.91 Å². The third kappa shape index (κ3) is 4.13. The Bertz CT molecular complexity index is 1050. The van der Waals surface area contributed by atoms with E-state index in [1.807, 2.05) is 31.2 Å². The summed E-state index contributed by atoms with van der Waals surface area (Å²) in [5, 5.41) is 15.3. The maximum Gasteiger partial charge on any atom is 0.283 e. The first-order chi connectivity index (χ1) is 12.9. The molecule has 0 aliphatic carbocycles. The number of nitrogens with one attached hydrogen (secondary N) is 1. The zero-order valence-electron chi connectivity index (χ0n) is 13.9. The molecule has 0 aliphatic rings. The Labute approximate surface area is 181 Å². The number of amides is 1. The van der Waals surface area contributed by atoms with Gasteiger partial charge in [0.25, 0.3) is 5.91 Å². The van der Waals surface area contributed by atoms with E-state index in [1.54, 1.807) is 6.07 Å². The number of halogens is 3. The molecule has 27 heavy (non-hydrogen) atoms. The maximum atomic E-state index is 12.4. The number of hydrogen-bond acceptors (Lipinski definition) is 5. The predicted octanol–water partition coefficient (Wildman–Crippen LogP) is 5.95. The van der Waals surface area contributed by atoms with E-state index in [0.717, 1.165) is 10.1 Å². The van der Waals surface area contributed by atoms with Gasteiger partial charge in [0.05, 0.1) is 22.3 Å². The summed E-state index contributed by atoms with van der Waals surface area (Å²) < 4.78 is 7.35. The van der Waals surface area contributed by atoms with Crippen LogP contribution in [0.2, 0.25) is 5.02 Å². The SMILES string of the molecule is CCOc1cc(/C=N\NC(=O)c2sc3ccccc3c2Cl)c(Br)c(Br)c1O. The number of nitrogens with zero attached hydrogens (tertiary/aromatic N) is 1. The fraction of sp³-hybridized carbons (Fsp3) is 0.111. The molecule has 2 N–H and O–H groups in total. The molecule has 0 spiro atoms. The van der Waals surface area contributed by atoms with Crippen molar-refractivity contribution >= 4 is 77.0 Å². The van der Waals surface area contributed by atoms with Gasteiger partial charge >= 0.3 is 0 Å². The second kappa shape index (κ2) is 8.60. The van der Waals surface area contributed by atoms with E-state index in [9.17, 15) is 9.90 Å². The Kier molecular flexibility index (Phi) is 6.41. The van der Waals surface area contributed by atoms with Crippen molar-refractivity contribution in [2.75, 3.05) is 6.61 Å². The molecule has 3 aromatic rings. The molecular formula is C18H13Br2ClN2O3S. The highest BCUT2D eigenvalue weighted by Crippen LogP contribution is 2.41. The molecule has 0 fully saturated rings. The minimum absolute atomic E-state index is 0.0121. The molecule has 0 aliphatic heterocycles. The topological polar surface area (TPSA) is 70.9 Å². The minimum atomic E-state index is -0.392. The van der Waals surface area contributed by atoms with Crippen molar-refractivity contribution in [2.45, 2.75) is 6.92 Å². The minimum Gasteiger partial charge on any atom is -0.503 e. The number of thiophene rings is 1. The standard InChI is InChI=1S/C18H13Br2ClN2O3S/c1-2-26-11-7-9(13(19)14(20)16(11)24)8-22-23-18(25)17-15(21)10-5-3-4-6-12(10)27-17/h3-8,24H,2H2,1H3,(H,23,25)/b22-8-. The van der Waals surface area contributed by atoms with Gasteiger partial charge in [-0.15, -0.1) is 11.3 Å². The van der Waals surface area contributed by atoms with Crippen LogP contribution in [0.5, 0.6) is 11.5 Å². The number of carbonyl (C=O) groups is 1. The molecule has 2 aromatic carbocycles. The van der Waals surface area contributed by atoms with Crippen molar-refractivity contribution in [3.05, 3.63) is 54.7 Å². The number of ether oxygens (including phenoxy) is 1. The maximum absolute atomic E-state index is 12.4. The molecule has 1 amide bonds. The summed E-state index contributed by atoms with van der Waals surface area (Å²) in [6.07, 6.45) is 1.45. The predicted molar refractivity (Wildman–Crippen MR) is 117 cm³/mol. The second-order valence-corrected chi connectivity index (χ2v) is 8.33. The average Bonchev–Trinajstić information content (AvgIpc) is 3.00. The lowest BCUT2D eigenvalue weighted by Gasteiger charge is -2.10. The van der Waals surface area contributed by atoms with Crippen molar-refractivity contribution < 1.29 is 14.6 Å². The van der Waals surface area contributed by atoms with Crippen LogP contribution in [0.3, 0.4) is 0 Å². The fourth-order valence-corrected chi connectivity index (χ4v) is 4.58. The molecular weight excluding hydrogens is 520 g/mol. The van der Waals surface area contributed by atoms with Crippen LogP contribution in [0.4, 0.5) is 0 Å². The number of fused-ring (bicyclic) bond motifs is 1. The van der Waals surface area contributed by atoms with Gasteiger partial charge in [-0.2, -0.15) is 5.10 Å². The van der Waals surface area contributed by atoms with Gasteiger partial charge < -0.3 is 9.84 Å². The molecule has 9 heteroatoms. The number of benzene rings is 2. The highest BCUT2D eigenvalue weighted by Gasteiger charge is 2.17. The largest absolute Gasteiger partial charge is 0.503 e. The number of phenolic OH excluding ortho intramolecular Hbond substituents is 1. The van der Waals surface area contributed by atoms with Crippen LogP contribution < -0.4 is 10.2 Å². The Balaban J connectivity index is 1.82. The van der Waals surface area contributed by atoms with Gasteiger partial charge in [0.15, 0.2) is 11.5 Å². The zero-order chi connectivity index (χ0) is 19.6. The van der Waals surface area contributed by atoms with E-state index in [4.69, 9.17) is 16.3 Å². The summed E-state index contributed by atoms with van der Waals surface area (Å²) in [5.74, 6) is -0.0914. The number of aromatic hydroxyl groups is 1. The van der Waals surface area contributed by atoms with E-state index in [-0.39, 0.29) is 5.75 Å². The first-order valence-electron chi connectivity index (χ1n) is 7.78. The van der Waals surface area contributed by atoms with Crippen molar-refractivity contribution in [3.8, 4) is 11.5 Å². The van der Waals surface area contributed by atoms with Gasteiger partial charge in [-0.25, -0.2) is 5.43 Å². The van der Waals surface area contributed by atoms with Gasteiger partial charge in [-0.3, -0.25) is 4.79 Å². The smallest absolute Gasteiger partial charge is 0.283 e. The Morgan fingerprint density at radius 3 is 2.81 bits per heavy atom. The first-order valence-corrected chi connectivity index (χ1v) is 10.6. The van der Waals surface area contributed by atoms with E-state index in [0.29, 0.717) is 36.8 Å². The van der Waals surface area contributed by atoms with Gasteiger partial charge in [0.1, 0.15) is 4.88 Å². The zero-order valence-corrected chi connectivity index (χ0v) is 18.7. The Hall–Kier alpha value is -1.61. The molecule has 5 nitrogen and oxygen atoms in total. The van der Waals surface area contributed by atoms with Crippen LogP contribution in [0.15, 0.2) is 44.4 Å². The summed E-state index contributed by atoms with van der Waals surface area (Å²) in [6.45, 7) is 2.22. The van der Waals surface area contributed by atoms with Crippen LogP contribution in [0.25, 0.3) is 10.1 Å². The van der Waals surface area contributed by atoms with E-state index in [1.165, 1.54) is 17.6 Å². The van der Waals surface area contributed by atoms with Gasteiger partial charge in [-0.1, -0.05) is 29.8 Å². The summed E-state index contributed by atoms with van der Waals surface area (Å²) in [6, 6.07) is 9.17. The summed E-state index contributed by atoms with van der Waals surface area (Å²) >= 11 is 14.3. The normalized spacial score (nSPS) is 11.3. The van der Waals surface area contributed by atoms with Crippen molar-refractivity contribution in [1.29, 1.82) is 0 Å². The quantitative estimate of drug-likeness (QED) is 0.315. The highest BCUT2D eigenvalue weighted by molar-refractivity contribution is 9.13. The number of rotatable bonds is 5. The molecule has 0 radical (unpaired) electrons. The monoisotopic (exact) mass is 530 g/mol.